The van der Waals surface area contributed by atoms with E-state index in [-0.39, 0.29) is 12.8 Å². The Kier molecular flexibility index (Phi) is 6.93. The molecule has 0 aliphatic rings. The van der Waals surface area contributed by atoms with Gasteiger partial charge in [-0.2, -0.15) is 5.26 Å². The van der Waals surface area contributed by atoms with Crippen molar-refractivity contribution in [3.63, 3.8) is 0 Å². The second-order valence-electron chi connectivity index (χ2n) is 6.35. The van der Waals surface area contributed by atoms with E-state index in [4.69, 9.17) is 15.1 Å². The van der Waals surface area contributed by atoms with Gasteiger partial charge in [-0.25, -0.2) is 0 Å². The number of benzene rings is 1. The van der Waals surface area contributed by atoms with Crippen LogP contribution in [0.3, 0.4) is 0 Å². The summed E-state index contributed by atoms with van der Waals surface area (Å²) >= 11 is 0. The van der Waals surface area contributed by atoms with Crippen LogP contribution in [0.5, 0.6) is 5.75 Å². The number of carboxylic acids is 1. The number of hydrazine groups is 1. The van der Waals surface area contributed by atoms with E-state index < -0.39 is 29.3 Å². The number of hydrogen-bond donors (Lipinski definition) is 3. The van der Waals surface area contributed by atoms with Gasteiger partial charge in [0.2, 0.25) is 5.91 Å². The van der Waals surface area contributed by atoms with Crippen LogP contribution in [-0.4, -0.2) is 29.0 Å². The number of carboxylic acid groups (broad SMARTS) is 1. The minimum Gasteiger partial charge on any atom is -0.481 e. The summed E-state index contributed by atoms with van der Waals surface area (Å²) in [7, 11) is 0. The summed E-state index contributed by atoms with van der Waals surface area (Å²) in [6.45, 7) is 4.81. The molecule has 0 saturated carbocycles. The third-order valence-corrected chi connectivity index (χ3v) is 3.26. The maximum absolute atomic E-state index is 11.9. The zero-order valence-electron chi connectivity index (χ0n) is 14.3. The number of rotatable bonds is 7. The summed E-state index contributed by atoms with van der Waals surface area (Å²) in [6.07, 6.45) is -1.09. The molecule has 0 aliphatic heterocycles. The van der Waals surface area contributed by atoms with Crippen molar-refractivity contribution in [2.45, 2.75) is 39.7 Å². The first-order chi connectivity index (χ1) is 11.6. The zero-order valence-corrected chi connectivity index (χ0v) is 14.3. The number of hydrogen-bond acceptors (Lipinski definition) is 5. The molecule has 0 saturated heterocycles. The predicted molar refractivity (Wildman–Crippen MR) is 88.2 cm³/mol. The summed E-state index contributed by atoms with van der Waals surface area (Å²) in [6, 6.07) is 8.23. The van der Waals surface area contributed by atoms with E-state index in [0.29, 0.717) is 11.3 Å². The van der Waals surface area contributed by atoms with Crippen molar-refractivity contribution in [1.29, 1.82) is 5.26 Å². The Morgan fingerprint density at radius 3 is 2.32 bits per heavy atom. The summed E-state index contributed by atoms with van der Waals surface area (Å²) in [5, 5.41) is 17.5. The Hall–Kier alpha value is -3.08. The second kappa shape index (κ2) is 8.68. The van der Waals surface area contributed by atoms with E-state index in [2.05, 4.69) is 10.9 Å². The van der Waals surface area contributed by atoms with Crippen LogP contribution in [0.25, 0.3) is 0 Å². The molecule has 0 radical (unpaired) electrons. The second-order valence-corrected chi connectivity index (χ2v) is 6.35. The van der Waals surface area contributed by atoms with Crippen molar-refractivity contribution in [2.24, 2.45) is 5.41 Å². The lowest BCUT2D eigenvalue weighted by molar-refractivity contribution is -0.140. The number of carbonyl (C=O) groups is 3. The first-order valence-corrected chi connectivity index (χ1v) is 7.60. The highest BCUT2D eigenvalue weighted by Crippen LogP contribution is 2.24. The minimum atomic E-state index is -0.994. The monoisotopic (exact) mass is 347 g/mol. The Labute approximate surface area is 145 Å². The lowest BCUT2D eigenvalue weighted by Gasteiger charge is -2.22. The average molecular weight is 347 g/mol. The summed E-state index contributed by atoms with van der Waals surface area (Å²) in [5.74, 6) is -1.64. The Morgan fingerprint density at radius 2 is 1.80 bits per heavy atom. The molecule has 3 N–H and O–H groups in total. The fourth-order valence-electron chi connectivity index (χ4n) is 2.05. The smallest absolute Gasteiger partial charge is 0.303 e. The normalized spacial score (nSPS) is 11.8. The summed E-state index contributed by atoms with van der Waals surface area (Å²) < 4.78 is 5.41. The van der Waals surface area contributed by atoms with Crippen LogP contribution in [0.2, 0.25) is 0 Å². The topological polar surface area (TPSA) is 129 Å². The SMILES string of the molecule is C[C@H](Oc1ccc(C#N)cc1)C(=O)NNC(=O)CC(C)(C)CC(=O)O. The quantitative estimate of drug-likeness (QED) is 0.639. The summed E-state index contributed by atoms with van der Waals surface area (Å²) in [4.78, 5) is 34.5. The van der Waals surface area contributed by atoms with Gasteiger partial charge in [-0.1, -0.05) is 13.8 Å². The first kappa shape index (κ1) is 20.0. The largest absolute Gasteiger partial charge is 0.481 e. The molecule has 0 fully saturated rings. The lowest BCUT2D eigenvalue weighted by Crippen LogP contribution is -2.48. The van der Waals surface area contributed by atoms with E-state index >= 15 is 0 Å². The van der Waals surface area contributed by atoms with E-state index in [9.17, 15) is 14.4 Å². The van der Waals surface area contributed by atoms with Crippen molar-refractivity contribution in [3.05, 3.63) is 29.8 Å². The molecule has 0 heterocycles. The third-order valence-electron chi connectivity index (χ3n) is 3.26. The van der Waals surface area contributed by atoms with Gasteiger partial charge in [0.15, 0.2) is 6.10 Å². The van der Waals surface area contributed by atoms with Crippen molar-refractivity contribution < 1.29 is 24.2 Å². The van der Waals surface area contributed by atoms with Crippen molar-refractivity contribution in [2.75, 3.05) is 0 Å². The Bertz CT molecular complexity index is 677. The molecule has 0 bridgehead atoms. The molecule has 2 amide bonds. The third kappa shape index (κ3) is 7.35. The van der Waals surface area contributed by atoms with E-state index in [1.54, 1.807) is 38.1 Å². The molecule has 1 aromatic carbocycles. The van der Waals surface area contributed by atoms with E-state index in [1.807, 2.05) is 6.07 Å². The fourth-order valence-corrected chi connectivity index (χ4v) is 2.05. The molecule has 0 aromatic heterocycles. The van der Waals surface area contributed by atoms with Gasteiger partial charge in [-0.15, -0.1) is 0 Å². The van der Waals surface area contributed by atoms with E-state index in [0.717, 1.165) is 0 Å². The van der Waals surface area contributed by atoms with Gasteiger partial charge in [-0.05, 0) is 36.6 Å². The van der Waals surface area contributed by atoms with Gasteiger partial charge in [0.05, 0.1) is 18.1 Å². The average Bonchev–Trinajstić information content (AvgIpc) is 2.51. The highest BCUT2D eigenvalue weighted by molar-refractivity contribution is 5.85. The van der Waals surface area contributed by atoms with Crippen LogP contribution in [0.4, 0.5) is 0 Å². The van der Waals surface area contributed by atoms with Gasteiger partial charge in [0.1, 0.15) is 5.75 Å². The number of nitrogens with one attached hydrogen (secondary N) is 2. The van der Waals surface area contributed by atoms with Crippen molar-refractivity contribution in [1.82, 2.24) is 10.9 Å². The molecule has 0 aliphatic carbocycles. The molecule has 8 heteroatoms. The highest BCUT2D eigenvalue weighted by atomic mass is 16.5. The highest BCUT2D eigenvalue weighted by Gasteiger charge is 2.25. The minimum absolute atomic E-state index is 0.0512. The molecule has 1 rings (SSSR count). The predicted octanol–water partition coefficient (Wildman–Crippen LogP) is 1.36. The van der Waals surface area contributed by atoms with Crippen LogP contribution < -0.4 is 15.6 Å². The Balaban J connectivity index is 2.45. The molecule has 25 heavy (non-hydrogen) atoms. The molecule has 1 atom stereocenters. The molecular formula is C17H21N3O5. The van der Waals surface area contributed by atoms with Gasteiger partial charge in [0, 0.05) is 6.42 Å². The van der Waals surface area contributed by atoms with Gasteiger partial charge in [0.25, 0.3) is 5.91 Å². The van der Waals surface area contributed by atoms with Crippen LogP contribution in [-0.2, 0) is 14.4 Å². The molecule has 134 valence electrons. The molecule has 0 unspecified atom stereocenters. The van der Waals surface area contributed by atoms with Crippen molar-refractivity contribution in [3.8, 4) is 11.8 Å². The van der Waals surface area contributed by atoms with Gasteiger partial charge < -0.3 is 9.84 Å². The van der Waals surface area contributed by atoms with Crippen LogP contribution in [0.15, 0.2) is 24.3 Å². The standard InChI is InChI=1S/C17H21N3O5/c1-11(25-13-6-4-12(10-18)5-7-13)16(24)20-19-14(21)8-17(2,3)9-15(22)23/h4-7,11H,8-9H2,1-3H3,(H,19,21)(H,20,24)(H,22,23)/t11-/m0/s1. The maximum atomic E-state index is 11.9. The number of ether oxygens (including phenoxy) is 1. The molecule has 8 nitrogen and oxygen atoms in total. The Morgan fingerprint density at radius 1 is 1.20 bits per heavy atom. The van der Waals surface area contributed by atoms with Crippen LogP contribution in [0.1, 0.15) is 39.2 Å². The number of amides is 2. The zero-order chi connectivity index (χ0) is 19.0. The van der Waals surface area contributed by atoms with Crippen LogP contribution in [0, 0.1) is 16.7 Å². The molecule has 1 aromatic rings. The number of aliphatic carboxylic acids is 1. The summed E-state index contributed by atoms with van der Waals surface area (Å²) in [5.41, 5.74) is 4.22. The van der Waals surface area contributed by atoms with Crippen LogP contribution >= 0.6 is 0 Å². The van der Waals surface area contributed by atoms with E-state index in [1.165, 1.54) is 6.92 Å². The lowest BCUT2D eigenvalue weighted by atomic mass is 9.85. The number of nitriles is 1. The fraction of sp³-hybridized carbons (Fsp3) is 0.412. The maximum Gasteiger partial charge on any atom is 0.303 e. The first-order valence-electron chi connectivity index (χ1n) is 7.60. The van der Waals surface area contributed by atoms with Gasteiger partial charge >= 0.3 is 5.97 Å². The molecule has 0 spiro atoms. The molecular weight excluding hydrogens is 326 g/mol. The number of nitrogens with zero attached hydrogens (tertiary/aromatic N) is 1. The van der Waals surface area contributed by atoms with Crippen molar-refractivity contribution >= 4 is 17.8 Å². The number of carbonyl (C=O) groups excluding carboxylic acids is 2. The van der Waals surface area contributed by atoms with Gasteiger partial charge in [-0.3, -0.25) is 25.2 Å².